The Morgan fingerprint density at radius 2 is 2.22 bits per heavy atom. The number of pyridine rings is 1. The first-order valence-electron chi connectivity index (χ1n) is 8.74. The molecule has 1 atom stereocenters. The van der Waals surface area contributed by atoms with Crippen LogP contribution >= 0.6 is 0 Å². The van der Waals surface area contributed by atoms with Gasteiger partial charge in [0.2, 0.25) is 5.88 Å². The van der Waals surface area contributed by atoms with Gasteiger partial charge in [-0.05, 0) is 18.4 Å². The number of aromatic nitrogens is 1. The third-order valence-corrected chi connectivity index (χ3v) is 3.72. The quantitative estimate of drug-likeness (QED) is 0.381. The Morgan fingerprint density at radius 3 is 2.85 bits per heavy atom. The molecule has 1 unspecified atom stereocenters. The standard InChI is InChI=1S/C17H25F3N4O3/c1-21-16(22-6-2-7-26-14-5-8-25-11-14)24-10-13-3-4-15(23-9-13)27-12-17(18,19)20/h3-4,9,14H,2,5-8,10-12H2,1H3,(H2,21,22,24). The summed E-state index contributed by atoms with van der Waals surface area (Å²) in [5.41, 5.74) is 0.793. The van der Waals surface area contributed by atoms with Crippen molar-refractivity contribution in [1.29, 1.82) is 0 Å². The lowest BCUT2D eigenvalue weighted by Crippen LogP contribution is -2.37. The normalized spacial score (nSPS) is 17.8. The number of aliphatic imine (C=N–C) groups is 1. The number of hydrogen-bond acceptors (Lipinski definition) is 5. The number of hydrogen-bond donors (Lipinski definition) is 2. The first kappa shape index (κ1) is 21.2. The third kappa shape index (κ3) is 8.91. The van der Waals surface area contributed by atoms with E-state index in [1.165, 1.54) is 12.3 Å². The minimum atomic E-state index is -4.38. The zero-order chi connectivity index (χ0) is 19.5. The highest BCUT2D eigenvalue weighted by Crippen LogP contribution is 2.17. The number of ether oxygens (including phenoxy) is 3. The molecule has 2 rings (SSSR count). The van der Waals surface area contributed by atoms with Crippen LogP contribution < -0.4 is 15.4 Å². The van der Waals surface area contributed by atoms with Gasteiger partial charge in [-0.3, -0.25) is 4.99 Å². The number of nitrogens with zero attached hydrogens (tertiary/aromatic N) is 2. The molecule has 7 nitrogen and oxygen atoms in total. The van der Waals surface area contributed by atoms with E-state index in [0.29, 0.717) is 32.3 Å². The van der Waals surface area contributed by atoms with Gasteiger partial charge in [0.1, 0.15) is 0 Å². The molecule has 1 saturated heterocycles. The van der Waals surface area contributed by atoms with Crippen molar-refractivity contribution in [3.8, 4) is 5.88 Å². The van der Waals surface area contributed by atoms with Gasteiger partial charge in [-0.25, -0.2) is 4.98 Å². The maximum atomic E-state index is 12.1. The summed E-state index contributed by atoms with van der Waals surface area (Å²) in [6.07, 6.45) is -0.924. The van der Waals surface area contributed by atoms with Crippen LogP contribution in [-0.4, -0.2) is 63.2 Å². The summed E-state index contributed by atoms with van der Waals surface area (Å²) < 4.78 is 51.8. The SMILES string of the molecule is CN=C(NCCCOC1CCOC1)NCc1ccc(OCC(F)(F)F)nc1. The van der Waals surface area contributed by atoms with Gasteiger partial charge in [-0.15, -0.1) is 0 Å². The first-order chi connectivity index (χ1) is 13.0. The summed E-state index contributed by atoms with van der Waals surface area (Å²) in [7, 11) is 1.66. The van der Waals surface area contributed by atoms with Crippen molar-refractivity contribution < 1.29 is 27.4 Å². The fraction of sp³-hybridized carbons (Fsp3) is 0.647. The van der Waals surface area contributed by atoms with E-state index in [2.05, 4.69) is 25.3 Å². The molecule has 0 radical (unpaired) electrons. The molecule has 27 heavy (non-hydrogen) atoms. The monoisotopic (exact) mass is 390 g/mol. The Morgan fingerprint density at radius 1 is 1.37 bits per heavy atom. The van der Waals surface area contributed by atoms with Gasteiger partial charge in [0.15, 0.2) is 12.6 Å². The lowest BCUT2D eigenvalue weighted by Gasteiger charge is -2.13. The molecule has 0 saturated carbocycles. The van der Waals surface area contributed by atoms with Crippen molar-refractivity contribution in [2.75, 3.05) is 40.0 Å². The molecule has 0 aliphatic carbocycles. The Hall–Kier alpha value is -2.07. The smallest absolute Gasteiger partial charge is 0.422 e. The molecule has 0 spiro atoms. The zero-order valence-corrected chi connectivity index (χ0v) is 15.2. The van der Waals surface area contributed by atoms with Crippen molar-refractivity contribution in [3.63, 3.8) is 0 Å². The lowest BCUT2D eigenvalue weighted by molar-refractivity contribution is -0.154. The van der Waals surface area contributed by atoms with Crippen LogP contribution in [0.3, 0.4) is 0 Å². The Kier molecular flexibility index (Phi) is 8.59. The summed E-state index contributed by atoms with van der Waals surface area (Å²) in [6.45, 7) is 1.87. The fourth-order valence-electron chi connectivity index (χ4n) is 2.34. The molecule has 2 N–H and O–H groups in total. The van der Waals surface area contributed by atoms with E-state index in [-0.39, 0.29) is 12.0 Å². The van der Waals surface area contributed by atoms with Crippen molar-refractivity contribution >= 4 is 5.96 Å². The molecular formula is C17H25F3N4O3. The molecule has 1 aromatic heterocycles. The summed E-state index contributed by atoms with van der Waals surface area (Å²) in [5, 5.41) is 6.28. The van der Waals surface area contributed by atoms with Crippen LogP contribution in [0.1, 0.15) is 18.4 Å². The molecule has 0 bridgehead atoms. The van der Waals surface area contributed by atoms with E-state index in [1.807, 2.05) is 0 Å². The van der Waals surface area contributed by atoms with E-state index in [4.69, 9.17) is 9.47 Å². The number of alkyl halides is 3. The summed E-state index contributed by atoms with van der Waals surface area (Å²) in [6, 6.07) is 3.06. The van der Waals surface area contributed by atoms with Crippen LogP contribution in [0.25, 0.3) is 0 Å². The molecule has 10 heteroatoms. The summed E-state index contributed by atoms with van der Waals surface area (Å²) in [4.78, 5) is 7.98. The highest BCUT2D eigenvalue weighted by Gasteiger charge is 2.28. The minimum Gasteiger partial charge on any atom is -0.468 e. The van der Waals surface area contributed by atoms with E-state index < -0.39 is 12.8 Å². The summed E-state index contributed by atoms with van der Waals surface area (Å²) in [5.74, 6) is 0.558. The molecule has 1 aliphatic rings. The topological polar surface area (TPSA) is 77.0 Å². The summed E-state index contributed by atoms with van der Waals surface area (Å²) >= 11 is 0. The second-order valence-corrected chi connectivity index (χ2v) is 5.97. The minimum absolute atomic E-state index is 0.0637. The molecule has 0 amide bonds. The molecule has 2 heterocycles. The van der Waals surface area contributed by atoms with Crippen LogP contribution in [0, 0.1) is 0 Å². The second-order valence-electron chi connectivity index (χ2n) is 5.97. The van der Waals surface area contributed by atoms with Gasteiger partial charge in [-0.2, -0.15) is 13.2 Å². The van der Waals surface area contributed by atoms with Crippen molar-refractivity contribution in [3.05, 3.63) is 23.9 Å². The van der Waals surface area contributed by atoms with Crippen LogP contribution in [0.4, 0.5) is 13.2 Å². The van der Waals surface area contributed by atoms with E-state index in [9.17, 15) is 13.2 Å². The molecule has 1 fully saturated rings. The highest BCUT2D eigenvalue weighted by molar-refractivity contribution is 5.79. The number of guanidine groups is 1. The van der Waals surface area contributed by atoms with Gasteiger partial charge < -0.3 is 24.8 Å². The average Bonchev–Trinajstić information content (AvgIpc) is 3.16. The third-order valence-electron chi connectivity index (χ3n) is 3.72. The highest BCUT2D eigenvalue weighted by atomic mass is 19.4. The van der Waals surface area contributed by atoms with Gasteiger partial charge in [0.05, 0.1) is 12.7 Å². The molecule has 1 aromatic rings. The largest absolute Gasteiger partial charge is 0.468 e. The van der Waals surface area contributed by atoms with Crippen LogP contribution in [0.5, 0.6) is 5.88 Å². The Labute approximate surface area is 156 Å². The Bertz CT molecular complexity index is 576. The molecule has 152 valence electrons. The second kappa shape index (κ2) is 10.9. The number of nitrogens with one attached hydrogen (secondary N) is 2. The predicted octanol–water partition coefficient (Wildman–Crippen LogP) is 1.88. The fourth-order valence-corrected chi connectivity index (χ4v) is 2.34. The van der Waals surface area contributed by atoms with Crippen molar-refractivity contribution in [1.82, 2.24) is 15.6 Å². The van der Waals surface area contributed by atoms with Gasteiger partial charge >= 0.3 is 6.18 Å². The van der Waals surface area contributed by atoms with Crippen LogP contribution in [0.2, 0.25) is 0 Å². The average molecular weight is 390 g/mol. The van der Waals surface area contributed by atoms with Crippen molar-refractivity contribution in [2.45, 2.75) is 31.7 Å². The Balaban J connectivity index is 1.61. The van der Waals surface area contributed by atoms with Crippen molar-refractivity contribution in [2.24, 2.45) is 4.99 Å². The molecule has 0 aromatic carbocycles. The van der Waals surface area contributed by atoms with Gasteiger partial charge in [0.25, 0.3) is 0 Å². The van der Waals surface area contributed by atoms with Crippen LogP contribution in [0.15, 0.2) is 23.3 Å². The molecule has 1 aliphatic heterocycles. The maximum Gasteiger partial charge on any atom is 0.422 e. The number of halogens is 3. The van der Waals surface area contributed by atoms with Gasteiger partial charge in [0, 0.05) is 45.6 Å². The first-order valence-corrected chi connectivity index (χ1v) is 8.74. The van der Waals surface area contributed by atoms with E-state index >= 15 is 0 Å². The maximum absolute atomic E-state index is 12.1. The zero-order valence-electron chi connectivity index (χ0n) is 15.2. The van der Waals surface area contributed by atoms with Crippen LogP contribution in [-0.2, 0) is 16.0 Å². The lowest BCUT2D eigenvalue weighted by atomic mass is 10.3. The van der Waals surface area contributed by atoms with E-state index in [1.54, 1.807) is 13.1 Å². The van der Waals surface area contributed by atoms with E-state index in [0.717, 1.165) is 25.0 Å². The predicted molar refractivity (Wildman–Crippen MR) is 93.8 cm³/mol. The number of rotatable bonds is 9. The van der Waals surface area contributed by atoms with Gasteiger partial charge in [-0.1, -0.05) is 6.07 Å². The molecular weight excluding hydrogens is 365 g/mol.